The SMILES string of the molecule is CCCCC1=C[C]([Si](c2cccc(C(C)C)c2)(c2cccc(C(C)C)c2)c2cccc(C(C)C)c2)C=C1. The average Bonchev–Trinajstić information content (AvgIpc) is 3.37. The van der Waals surface area contributed by atoms with Crippen LogP contribution in [0, 0.1) is 5.54 Å². The fraction of sp³-hybridized carbons (Fsp3) is 0.361. The lowest BCUT2D eigenvalue weighted by molar-refractivity contribution is 0.799. The Kier molecular flexibility index (Phi) is 8.75. The van der Waals surface area contributed by atoms with Crippen LogP contribution < -0.4 is 15.6 Å². The summed E-state index contributed by atoms with van der Waals surface area (Å²) in [5.74, 6) is 1.49. The summed E-state index contributed by atoms with van der Waals surface area (Å²) >= 11 is 0. The van der Waals surface area contributed by atoms with Crippen LogP contribution in [0.2, 0.25) is 0 Å². The summed E-state index contributed by atoms with van der Waals surface area (Å²) in [6, 6.07) is 28.6. The normalized spacial score (nSPS) is 14.3. The molecule has 0 N–H and O–H groups in total. The molecule has 0 saturated carbocycles. The first-order valence-electron chi connectivity index (χ1n) is 14.3. The molecule has 0 saturated heterocycles. The predicted molar refractivity (Wildman–Crippen MR) is 166 cm³/mol. The zero-order valence-electron chi connectivity index (χ0n) is 24.0. The Bertz CT molecular complexity index is 1130. The Hall–Kier alpha value is -2.64. The van der Waals surface area contributed by atoms with Crippen LogP contribution in [0.4, 0.5) is 0 Å². The largest absolute Gasteiger partial charge is 0.162 e. The third kappa shape index (κ3) is 5.63. The van der Waals surface area contributed by atoms with Gasteiger partial charge in [-0.15, -0.1) is 0 Å². The standard InChI is InChI=1S/C36H45Si/c1-8-9-13-29-20-21-36(22-29)37(33-17-10-14-30(23-33)26(2)3,34-18-11-15-31(24-34)27(4)5)35-19-12-16-32(25-35)28(6)7/h10-12,14-28H,8-9,13H2,1-7H3. The minimum atomic E-state index is -2.55. The molecular weight excluding hydrogens is 460 g/mol. The Morgan fingerprint density at radius 3 is 1.41 bits per heavy atom. The number of benzene rings is 3. The Labute approximate surface area is 227 Å². The van der Waals surface area contributed by atoms with E-state index in [0.717, 1.165) is 6.42 Å². The molecule has 0 aliphatic heterocycles. The van der Waals surface area contributed by atoms with Crippen LogP contribution in [-0.4, -0.2) is 8.07 Å². The van der Waals surface area contributed by atoms with Crippen LogP contribution in [0.1, 0.15) is 102 Å². The van der Waals surface area contributed by atoms with Crippen molar-refractivity contribution in [1.82, 2.24) is 0 Å². The van der Waals surface area contributed by atoms with Crippen molar-refractivity contribution < 1.29 is 0 Å². The van der Waals surface area contributed by atoms with E-state index in [1.807, 2.05) is 0 Å². The van der Waals surface area contributed by atoms with E-state index >= 15 is 0 Å². The number of allylic oxidation sites excluding steroid dienone is 4. The predicted octanol–water partition coefficient (Wildman–Crippen LogP) is 8.33. The first kappa shape index (κ1) is 27.4. The maximum absolute atomic E-state index is 2.55. The van der Waals surface area contributed by atoms with Crippen molar-refractivity contribution in [1.29, 1.82) is 0 Å². The Morgan fingerprint density at radius 2 is 1.03 bits per heavy atom. The first-order chi connectivity index (χ1) is 17.8. The van der Waals surface area contributed by atoms with E-state index in [1.54, 1.807) is 0 Å². The quantitative estimate of drug-likeness (QED) is 0.192. The van der Waals surface area contributed by atoms with Gasteiger partial charge in [0, 0.05) is 5.54 Å². The monoisotopic (exact) mass is 505 g/mol. The zero-order chi connectivity index (χ0) is 26.6. The second kappa shape index (κ2) is 11.8. The van der Waals surface area contributed by atoms with Crippen molar-refractivity contribution in [2.75, 3.05) is 0 Å². The van der Waals surface area contributed by atoms with Crippen molar-refractivity contribution in [2.45, 2.75) is 85.5 Å². The molecule has 0 atom stereocenters. The lowest BCUT2D eigenvalue weighted by Crippen LogP contribution is -2.70. The summed E-state index contributed by atoms with van der Waals surface area (Å²) in [4.78, 5) is 0. The molecule has 0 heterocycles. The van der Waals surface area contributed by atoms with Crippen molar-refractivity contribution in [3.63, 3.8) is 0 Å². The fourth-order valence-corrected chi connectivity index (χ4v) is 10.6. The highest BCUT2D eigenvalue weighted by Crippen LogP contribution is 2.32. The van der Waals surface area contributed by atoms with E-state index in [0.29, 0.717) is 17.8 Å². The second-order valence-electron chi connectivity index (χ2n) is 11.7. The molecule has 0 aromatic heterocycles. The number of unbranched alkanes of at least 4 members (excludes halogenated alkanes) is 1. The maximum atomic E-state index is 2.55. The minimum absolute atomic E-state index is 0.496. The van der Waals surface area contributed by atoms with E-state index in [2.05, 4.69) is 139 Å². The molecule has 4 rings (SSSR count). The number of hydrogen-bond acceptors (Lipinski definition) is 0. The molecule has 0 unspecified atom stereocenters. The maximum Gasteiger partial charge on any atom is 0.162 e. The van der Waals surface area contributed by atoms with Crippen molar-refractivity contribution in [3.8, 4) is 0 Å². The third-order valence-electron chi connectivity index (χ3n) is 8.03. The highest BCUT2D eigenvalue weighted by Gasteiger charge is 2.46. The van der Waals surface area contributed by atoms with E-state index in [4.69, 9.17) is 0 Å². The van der Waals surface area contributed by atoms with Gasteiger partial charge in [0.1, 0.15) is 0 Å². The van der Waals surface area contributed by atoms with E-state index in [-0.39, 0.29) is 0 Å². The van der Waals surface area contributed by atoms with Gasteiger partial charge in [0.05, 0.1) is 0 Å². The molecule has 1 aliphatic carbocycles. The molecule has 3 aromatic carbocycles. The smallest absolute Gasteiger partial charge is 0.0750 e. The summed E-state index contributed by atoms with van der Waals surface area (Å²) in [6.07, 6.45) is 11.0. The van der Waals surface area contributed by atoms with Crippen LogP contribution in [0.15, 0.2) is 96.6 Å². The molecule has 1 aliphatic rings. The summed E-state index contributed by atoms with van der Waals surface area (Å²) in [6.45, 7) is 16.2. The van der Waals surface area contributed by atoms with Gasteiger partial charge in [-0.3, -0.25) is 0 Å². The highest BCUT2D eigenvalue weighted by atomic mass is 28.3. The molecule has 3 aromatic rings. The van der Waals surface area contributed by atoms with Gasteiger partial charge < -0.3 is 0 Å². The number of hydrogen-bond donors (Lipinski definition) is 0. The minimum Gasteiger partial charge on any atom is -0.0750 e. The molecule has 0 nitrogen and oxygen atoms in total. The molecule has 37 heavy (non-hydrogen) atoms. The van der Waals surface area contributed by atoms with Crippen LogP contribution in [0.5, 0.6) is 0 Å². The molecule has 0 bridgehead atoms. The third-order valence-corrected chi connectivity index (χ3v) is 12.7. The second-order valence-corrected chi connectivity index (χ2v) is 15.5. The van der Waals surface area contributed by atoms with Crippen molar-refractivity contribution in [3.05, 3.63) is 119 Å². The zero-order valence-corrected chi connectivity index (χ0v) is 25.0. The summed E-state index contributed by atoms with van der Waals surface area (Å²) in [5.41, 5.74) is 7.27. The molecule has 1 heteroatoms. The van der Waals surface area contributed by atoms with Crippen molar-refractivity contribution >= 4 is 23.6 Å². The van der Waals surface area contributed by atoms with Crippen LogP contribution in [-0.2, 0) is 0 Å². The van der Waals surface area contributed by atoms with E-state index < -0.39 is 8.07 Å². The summed E-state index contributed by atoms with van der Waals surface area (Å²) in [7, 11) is -2.55. The van der Waals surface area contributed by atoms with Gasteiger partial charge in [0.25, 0.3) is 0 Å². The van der Waals surface area contributed by atoms with Gasteiger partial charge in [-0.2, -0.15) is 0 Å². The average molecular weight is 506 g/mol. The lowest BCUT2D eigenvalue weighted by Gasteiger charge is -2.38. The molecule has 0 fully saturated rings. The molecular formula is C36H45Si. The van der Waals surface area contributed by atoms with Gasteiger partial charge >= 0.3 is 0 Å². The van der Waals surface area contributed by atoms with Gasteiger partial charge in [-0.05, 0) is 62.8 Å². The summed E-state index contributed by atoms with van der Waals surface area (Å²) < 4.78 is 0. The molecule has 193 valence electrons. The van der Waals surface area contributed by atoms with Crippen LogP contribution >= 0.6 is 0 Å². The lowest BCUT2D eigenvalue weighted by atomic mass is 10.0. The number of rotatable bonds is 10. The molecule has 1 radical (unpaired) electrons. The highest BCUT2D eigenvalue weighted by molar-refractivity contribution is 7.15. The van der Waals surface area contributed by atoms with E-state index in [1.165, 1.54) is 56.2 Å². The Balaban J connectivity index is 2.08. The fourth-order valence-electron chi connectivity index (χ4n) is 5.66. The Morgan fingerprint density at radius 1 is 0.595 bits per heavy atom. The van der Waals surface area contributed by atoms with E-state index in [9.17, 15) is 0 Å². The van der Waals surface area contributed by atoms with Gasteiger partial charge in [-0.25, -0.2) is 0 Å². The van der Waals surface area contributed by atoms with Crippen LogP contribution in [0.3, 0.4) is 0 Å². The van der Waals surface area contributed by atoms with Gasteiger partial charge in [0.2, 0.25) is 0 Å². The van der Waals surface area contributed by atoms with Crippen LogP contribution in [0.25, 0.3) is 0 Å². The van der Waals surface area contributed by atoms with Crippen molar-refractivity contribution in [2.24, 2.45) is 0 Å². The van der Waals surface area contributed by atoms with Gasteiger partial charge in [0.15, 0.2) is 8.07 Å². The van der Waals surface area contributed by atoms with Gasteiger partial charge in [-0.1, -0.05) is 151 Å². The molecule has 0 spiro atoms. The topological polar surface area (TPSA) is 0 Å². The summed E-state index contributed by atoms with van der Waals surface area (Å²) in [5, 5.41) is 4.48. The molecule has 0 amide bonds. The first-order valence-corrected chi connectivity index (χ1v) is 16.3.